The topological polar surface area (TPSA) is 56.4 Å². The van der Waals surface area contributed by atoms with Crippen molar-refractivity contribution in [3.8, 4) is 62.5 Å². The lowest BCUT2D eigenvalue weighted by Crippen LogP contribution is -2.17. The molecule has 6 nitrogen and oxygen atoms in total. The Hall–Kier alpha value is -12.8. The number of para-hydroxylation sites is 4. The molecule has 0 aliphatic heterocycles. The summed E-state index contributed by atoms with van der Waals surface area (Å²) in [6.07, 6.45) is 0. The van der Waals surface area contributed by atoms with Crippen molar-refractivity contribution in [3.05, 3.63) is 321 Å². The fourth-order valence-electron chi connectivity index (χ4n) is 15.7. The molecule has 0 N–H and O–H groups in total. The normalized spacial score (nSPS) is 12.0. The lowest BCUT2D eigenvalue weighted by molar-refractivity contribution is 1.02. The molecule has 0 atom stereocenters. The highest BCUT2D eigenvalue weighted by molar-refractivity contribution is 6.21. The molecule has 15 aromatic carbocycles. The molecule has 0 aliphatic carbocycles. The summed E-state index contributed by atoms with van der Waals surface area (Å²) < 4.78 is 10.1. The molecule has 0 aliphatic rings. The van der Waals surface area contributed by atoms with Gasteiger partial charge in [0.05, 0.1) is 83.8 Å². The predicted molar refractivity (Wildman–Crippen MR) is 393 cm³/mol. The zero-order chi connectivity index (χ0) is 61.7. The summed E-state index contributed by atoms with van der Waals surface area (Å²) in [4.78, 5) is 5.59. The second kappa shape index (κ2) is 20.1. The average Bonchev–Trinajstić information content (AvgIpc) is 1.45. The van der Waals surface area contributed by atoms with Crippen molar-refractivity contribution in [1.82, 2.24) is 23.3 Å². The molecule has 20 rings (SSSR count). The van der Waals surface area contributed by atoms with Crippen molar-refractivity contribution >= 4 is 130 Å². The van der Waals surface area contributed by atoms with E-state index in [1.807, 2.05) is 0 Å². The van der Waals surface area contributed by atoms with E-state index < -0.39 is 0 Å². The molecule has 434 valence electrons. The monoisotopic (exact) mass is 1190 g/mol. The van der Waals surface area contributed by atoms with Crippen LogP contribution in [0.15, 0.2) is 315 Å². The fraction of sp³-hybridized carbons (Fsp3) is 0. The summed E-state index contributed by atoms with van der Waals surface area (Å²) in [6.45, 7) is 0. The molecule has 94 heavy (non-hydrogen) atoms. The number of benzene rings is 15. The van der Waals surface area contributed by atoms with Crippen LogP contribution in [-0.4, -0.2) is 23.3 Å². The van der Waals surface area contributed by atoms with E-state index in [0.29, 0.717) is 5.56 Å². The third-order valence-corrected chi connectivity index (χ3v) is 19.8. The van der Waals surface area contributed by atoms with Crippen molar-refractivity contribution in [2.75, 3.05) is 0 Å². The zero-order valence-corrected chi connectivity index (χ0v) is 50.7. The van der Waals surface area contributed by atoms with Gasteiger partial charge in [0, 0.05) is 59.8 Å². The van der Waals surface area contributed by atoms with E-state index in [1.54, 1.807) is 0 Å². The Morgan fingerprint density at radius 2 is 0.489 bits per heavy atom. The van der Waals surface area contributed by atoms with Gasteiger partial charge in [0.25, 0.3) is 0 Å². The summed E-state index contributed by atoms with van der Waals surface area (Å²) in [7, 11) is 0. The van der Waals surface area contributed by atoms with E-state index in [1.165, 1.54) is 0 Å². The first-order chi connectivity index (χ1) is 46.6. The van der Waals surface area contributed by atoms with Crippen LogP contribution < -0.4 is 0 Å². The van der Waals surface area contributed by atoms with Crippen molar-refractivity contribution < 1.29 is 0 Å². The largest absolute Gasteiger partial charge is 0.306 e. The molecule has 0 saturated carbocycles. The maximum Gasteiger partial charge on any atom is 0.102 e. The number of hydrogen-bond donors (Lipinski definition) is 0. The summed E-state index contributed by atoms with van der Waals surface area (Å²) in [5, 5.41) is 31.3. The summed E-state index contributed by atoms with van der Waals surface area (Å²) in [6, 6.07) is 118. The summed E-state index contributed by atoms with van der Waals surface area (Å²) in [5.74, 6) is 0. The number of aromatic nitrogens is 5. The minimum absolute atomic E-state index is 0.499. The van der Waals surface area contributed by atoms with Gasteiger partial charge in [-0.3, -0.25) is 0 Å². The van der Waals surface area contributed by atoms with Crippen LogP contribution in [0.25, 0.3) is 187 Å². The number of fused-ring (bicyclic) bond motifs is 16. The summed E-state index contributed by atoms with van der Waals surface area (Å²) >= 11 is 0. The SMILES string of the molecule is N#Cc1c(-c2cc(-c3ccccc3)nc(-c3ccccc3)c2)c(-n2c3ccccc3c3cc4ccccc4cc32)c(-n2c3ccccc3c3cc4ccccc4cc32)c(-n2c3ccccc3c3cc4ccccc4cc32)c1-n1c2ccccc2c2cc3ccccc3cc21. The number of pyridine rings is 1. The van der Waals surface area contributed by atoms with Crippen molar-refractivity contribution in [2.24, 2.45) is 0 Å². The zero-order valence-electron chi connectivity index (χ0n) is 50.7. The highest BCUT2D eigenvalue weighted by atomic mass is 15.1. The van der Waals surface area contributed by atoms with E-state index in [-0.39, 0.29) is 0 Å². The molecule has 5 aromatic heterocycles. The van der Waals surface area contributed by atoms with Gasteiger partial charge < -0.3 is 18.3 Å². The Balaban J connectivity index is 1.14. The molecule has 0 fully saturated rings. The molecular formula is C88H52N6. The molecule has 20 aromatic rings. The van der Waals surface area contributed by atoms with Crippen LogP contribution in [0.4, 0.5) is 0 Å². The minimum atomic E-state index is 0.499. The molecule has 0 spiro atoms. The lowest BCUT2D eigenvalue weighted by atomic mass is 9.91. The molecule has 0 saturated heterocycles. The van der Waals surface area contributed by atoms with Gasteiger partial charge in [0.2, 0.25) is 0 Å². The van der Waals surface area contributed by atoms with Gasteiger partial charge in [0.15, 0.2) is 0 Å². The second-order valence-electron chi connectivity index (χ2n) is 24.9. The molecule has 0 bridgehead atoms. The van der Waals surface area contributed by atoms with Crippen molar-refractivity contribution in [1.29, 1.82) is 5.26 Å². The first kappa shape index (κ1) is 52.0. The maximum absolute atomic E-state index is 13.5. The van der Waals surface area contributed by atoms with Crippen molar-refractivity contribution in [2.45, 2.75) is 0 Å². The third-order valence-electron chi connectivity index (χ3n) is 19.8. The van der Waals surface area contributed by atoms with Gasteiger partial charge in [-0.25, -0.2) is 4.98 Å². The van der Waals surface area contributed by atoms with Gasteiger partial charge >= 0.3 is 0 Å². The predicted octanol–water partition coefficient (Wildman–Crippen LogP) is 23.0. The lowest BCUT2D eigenvalue weighted by Gasteiger charge is -2.30. The first-order valence-electron chi connectivity index (χ1n) is 32.1. The molecule has 5 heterocycles. The van der Waals surface area contributed by atoms with Crippen LogP contribution in [-0.2, 0) is 0 Å². The van der Waals surface area contributed by atoms with Crippen LogP contribution in [0.2, 0.25) is 0 Å². The van der Waals surface area contributed by atoms with Crippen LogP contribution in [0.3, 0.4) is 0 Å². The minimum Gasteiger partial charge on any atom is -0.306 e. The van der Waals surface area contributed by atoms with Gasteiger partial charge in [-0.05, 0) is 134 Å². The number of hydrogen-bond acceptors (Lipinski definition) is 2. The molecule has 6 heteroatoms. The summed E-state index contributed by atoms with van der Waals surface area (Å²) in [5.41, 5.74) is 16.9. The fourth-order valence-corrected chi connectivity index (χ4v) is 15.7. The van der Waals surface area contributed by atoms with E-state index in [2.05, 4.69) is 340 Å². The Labute approximate surface area is 539 Å². The Bertz CT molecular complexity index is 6610. The highest BCUT2D eigenvalue weighted by Gasteiger charge is 2.36. The molecule has 0 amide bonds. The van der Waals surface area contributed by atoms with Gasteiger partial charge in [-0.15, -0.1) is 0 Å². The van der Waals surface area contributed by atoms with Gasteiger partial charge in [0.1, 0.15) is 6.07 Å². The average molecular weight is 1190 g/mol. The maximum atomic E-state index is 13.5. The standard InChI is InChI=1S/C88H52N6/c89-53-73-84(64-47-74(54-23-3-1-4-24-54)90-75(48-64)55-25-5-2-6-26-55)86(92-77-40-20-16-36-66(77)70-44-57-28-8-12-32-61(57)50-81(70)92)88(94-79-42-22-18-38-68(79)72-46-59-30-10-14-34-63(59)52-83(72)94)87(93-78-41-21-17-37-67(78)71-45-58-29-9-13-33-62(58)51-82(71)93)85(73)91-76-39-19-15-35-65(76)69-43-56-27-7-11-31-60(56)49-80(69)91/h1-52H. The van der Waals surface area contributed by atoms with E-state index in [4.69, 9.17) is 4.98 Å². The van der Waals surface area contributed by atoms with E-state index >= 15 is 0 Å². The second-order valence-corrected chi connectivity index (χ2v) is 24.9. The van der Waals surface area contributed by atoms with Crippen molar-refractivity contribution in [3.63, 3.8) is 0 Å². The Morgan fingerprint density at radius 3 is 0.819 bits per heavy atom. The highest BCUT2D eigenvalue weighted by Crippen LogP contribution is 2.53. The van der Waals surface area contributed by atoms with Crippen LogP contribution >= 0.6 is 0 Å². The van der Waals surface area contributed by atoms with E-state index in [9.17, 15) is 5.26 Å². The third kappa shape index (κ3) is 7.55. The smallest absolute Gasteiger partial charge is 0.102 e. The van der Waals surface area contributed by atoms with Crippen LogP contribution in [0, 0.1) is 11.3 Å². The Kier molecular flexibility index (Phi) is 11.1. The molecular weight excluding hydrogens is 1140 g/mol. The number of nitriles is 1. The van der Waals surface area contributed by atoms with Crippen LogP contribution in [0.1, 0.15) is 5.56 Å². The first-order valence-corrected chi connectivity index (χ1v) is 32.1. The van der Waals surface area contributed by atoms with Crippen LogP contribution in [0.5, 0.6) is 0 Å². The molecule has 0 radical (unpaired) electrons. The number of nitrogens with zero attached hydrogens (tertiary/aromatic N) is 6. The Morgan fingerprint density at radius 1 is 0.223 bits per heavy atom. The van der Waals surface area contributed by atoms with Gasteiger partial charge in [-0.2, -0.15) is 5.26 Å². The van der Waals surface area contributed by atoms with E-state index in [0.717, 1.165) is 187 Å². The van der Waals surface area contributed by atoms with Gasteiger partial charge in [-0.1, -0.05) is 231 Å². The quantitative estimate of drug-likeness (QED) is 0.160. The molecule has 0 unspecified atom stereocenters. The number of rotatable bonds is 7.